The van der Waals surface area contributed by atoms with Crippen LogP contribution in [0, 0.1) is 5.92 Å². The molecule has 11 heteroatoms. The van der Waals surface area contributed by atoms with Crippen molar-refractivity contribution >= 4 is 35.1 Å². The first kappa shape index (κ1) is 27.9. The molecule has 0 spiro atoms. The predicted octanol–water partition coefficient (Wildman–Crippen LogP) is 2.32. The highest BCUT2D eigenvalue weighted by atomic mass is 32.1. The van der Waals surface area contributed by atoms with E-state index in [1.54, 1.807) is 0 Å². The molecule has 1 aromatic carbocycles. The van der Waals surface area contributed by atoms with E-state index < -0.39 is 30.0 Å². The Kier molecular flexibility index (Phi) is 10.8. The molecule has 3 unspecified atom stereocenters. The van der Waals surface area contributed by atoms with E-state index >= 15 is 0 Å². The van der Waals surface area contributed by atoms with Crippen LogP contribution in [0.4, 0.5) is 0 Å². The van der Waals surface area contributed by atoms with E-state index in [4.69, 9.17) is 9.47 Å². The van der Waals surface area contributed by atoms with E-state index in [9.17, 15) is 19.2 Å². The lowest BCUT2D eigenvalue weighted by Crippen LogP contribution is -2.49. The van der Waals surface area contributed by atoms with Gasteiger partial charge in [0.15, 0.2) is 6.10 Å². The van der Waals surface area contributed by atoms with Crippen LogP contribution in [-0.2, 0) is 30.3 Å². The van der Waals surface area contributed by atoms with Crippen LogP contribution >= 0.6 is 11.3 Å². The first-order chi connectivity index (χ1) is 16.6. The number of nitrogens with one attached hydrogen (secondary N) is 3. The molecule has 2 rings (SSSR count). The van der Waals surface area contributed by atoms with Crippen molar-refractivity contribution in [3.05, 3.63) is 52.0 Å². The van der Waals surface area contributed by atoms with Gasteiger partial charge in [0, 0.05) is 38.1 Å². The Balaban J connectivity index is 2.10. The Morgan fingerprint density at radius 2 is 1.77 bits per heavy atom. The fraction of sp³-hybridized carbons (Fsp3) is 0.458. The fourth-order valence-electron chi connectivity index (χ4n) is 3.33. The van der Waals surface area contributed by atoms with Gasteiger partial charge in [-0.2, -0.15) is 0 Å². The summed E-state index contributed by atoms with van der Waals surface area (Å²) in [7, 11) is 1.27. The molecule has 10 nitrogen and oxygen atoms in total. The highest BCUT2D eigenvalue weighted by molar-refractivity contribution is 7.09. The lowest BCUT2D eigenvalue weighted by Gasteiger charge is -2.25. The molecular weight excluding hydrogens is 472 g/mol. The van der Waals surface area contributed by atoms with Crippen LogP contribution in [0.5, 0.6) is 0 Å². The topological polar surface area (TPSA) is 136 Å². The van der Waals surface area contributed by atoms with Crippen molar-refractivity contribution in [1.29, 1.82) is 0 Å². The molecule has 1 heterocycles. The average Bonchev–Trinajstić information content (AvgIpc) is 3.30. The maximum Gasteiger partial charge on any atom is 0.325 e. The molecule has 0 fully saturated rings. The fourth-order valence-corrected chi connectivity index (χ4v) is 4.17. The summed E-state index contributed by atoms with van der Waals surface area (Å²) in [5.74, 6) is -1.68. The quantitative estimate of drug-likeness (QED) is 0.296. The summed E-state index contributed by atoms with van der Waals surface area (Å²) in [4.78, 5) is 52.5. The van der Waals surface area contributed by atoms with Gasteiger partial charge in [0.25, 0.3) is 5.91 Å². The summed E-state index contributed by atoms with van der Waals surface area (Å²) in [6, 6.07) is 8.26. The van der Waals surface area contributed by atoms with Crippen molar-refractivity contribution in [1.82, 2.24) is 21.2 Å². The van der Waals surface area contributed by atoms with Crippen molar-refractivity contribution in [2.24, 2.45) is 5.92 Å². The Hall–Kier alpha value is -3.31. The number of benzene rings is 1. The molecule has 0 aliphatic rings. The van der Waals surface area contributed by atoms with E-state index in [2.05, 4.69) is 21.2 Å². The number of carbonyl (C=O) groups is 4. The van der Waals surface area contributed by atoms with Gasteiger partial charge >= 0.3 is 11.9 Å². The number of hydrazine groups is 1. The second kappa shape index (κ2) is 13.5. The molecule has 0 saturated heterocycles. The van der Waals surface area contributed by atoms with Crippen LogP contribution in [0.15, 0.2) is 35.7 Å². The van der Waals surface area contributed by atoms with E-state index in [-0.39, 0.29) is 23.6 Å². The van der Waals surface area contributed by atoms with Gasteiger partial charge in [-0.1, -0.05) is 44.2 Å². The maximum absolute atomic E-state index is 12.7. The smallest absolute Gasteiger partial charge is 0.325 e. The number of nitrogens with zero attached hydrogens (tertiary/aromatic N) is 1. The summed E-state index contributed by atoms with van der Waals surface area (Å²) in [6.07, 6.45) is -0.109. The monoisotopic (exact) mass is 504 g/mol. The Labute approximate surface area is 208 Å². The number of methoxy groups -OCH3 is 1. The summed E-state index contributed by atoms with van der Waals surface area (Å²) in [5.41, 5.74) is 6.20. The van der Waals surface area contributed by atoms with Gasteiger partial charge in [-0.3, -0.25) is 24.6 Å². The average molecular weight is 505 g/mol. The summed E-state index contributed by atoms with van der Waals surface area (Å²) < 4.78 is 10.3. The molecule has 0 radical (unpaired) electrons. The molecule has 3 N–H and O–H groups in total. The zero-order valence-electron chi connectivity index (χ0n) is 20.5. The molecule has 2 amide bonds. The highest BCUT2D eigenvalue weighted by Crippen LogP contribution is 2.28. The number of aromatic nitrogens is 1. The van der Waals surface area contributed by atoms with Crippen LogP contribution in [0.3, 0.4) is 0 Å². The lowest BCUT2D eigenvalue weighted by molar-refractivity contribution is -0.147. The summed E-state index contributed by atoms with van der Waals surface area (Å²) in [5, 5.41) is 4.83. The molecule has 0 aliphatic carbocycles. The minimum atomic E-state index is -0.803. The van der Waals surface area contributed by atoms with Crippen molar-refractivity contribution in [2.75, 3.05) is 7.11 Å². The third-order valence-corrected chi connectivity index (χ3v) is 6.06. The first-order valence-corrected chi connectivity index (χ1v) is 12.1. The SMILES string of the molecule is COC(=O)C(Cc1ccccc1)NNC(=O)c1csc(C(CC(NC(C)=O)C(C)C)OC(C)=O)n1. The first-order valence-electron chi connectivity index (χ1n) is 11.2. The van der Waals surface area contributed by atoms with E-state index in [1.165, 1.54) is 37.7 Å². The Morgan fingerprint density at radius 1 is 1.09 bits per heavy atom. The normalized spacial score (nSPS) is 13.4. The lowest BCUT2D eigenvalue weighted by atomic mass is 9.98. The van der Waals surface area contributed by atoms with Gasteiger partial charge in [0.05, 0.1) is 7.11 Å². The second-order valence-electron chi connectivity index (χ2n) is 8.32. The standard InChI is InChI=1S/C24H32N4O6S/c1-14(2)18(25-15(3)29)12-21(34-16(4)30)23-26-20(13-35-23)22(31)28-27-19(24(32)33-5)11-17-9-7-6-8-10-17/h6-10,13-14,18-19,21,27H,11-12H2,1-5H3,(H,25,29)(H,28,31). The number of ether oxygens (including phenoxy) is 2. The highest BCUT2D eigenvalue weighted by Gasteiger charge is 2.27. The van der Waals surface area contributed by atoms with E-state index in [0.29, 0.717) is 17.8 Å². The Bertz CT molecular complexity index is 1010. The molecule has 0 saturated carbocycles. The van der Waals surface area contributed by atoms with Crippen LogP contribution in [-0.4, -0.2) is 47.9 Å². The number of hydrogen-bond acceptors (Lipinski definition) is 9. The van der Waals surface area contributed by atoms with Gasteiger partial charge in [0.2, 0.25) is 5.91 Å². The van der Waals surface area contributed by atoms with Crippen molar-refractivity contribution < 1.29 is 28.7 Å². The van der Waals surface area contributed by atoms with Crippen LogP contribution < -0.4 is 16.2 Å². The maximum atomic E-state index is 12.7. The number of hydrogen-bond donors (Lipinski definition) is 3. The van der Waals surface area contributed by atoms with Gasteiger partial charge in [-0.25, -0.2) is 10.4 Å². The van der Waals surface area contributed by atoms with Crippen LogP contribution in [0.2, 0.25) is 0 Å². The zero-order chi connectivity index (χ0) is 26.0. The number of carbonyl (C=O) groups excluding carboxylic acids is 4. The van der Waals surface area contributed by atoms with Gasteiger partial charge < -0.3 is 14.8 Å². The van der Waals surface area contributed by atoms with Gasteiger partial charge in [-0.05, 0) is 11.5 Å². The second-order valence-corrected chi connectivity index (χ2v) is 9.21. The van der Waals surface area contributed by atoms with Crippen molar-refractivity contribution in [2.45, 2.75) is 58.7 Å². The molecule has 1 aromatic heterocycles. The third-order valence-electron chi connectivity index (χ3n) is 5.13. The molecule has 0 bridgehead atoms. The molecule has 2 aromatic rings. The van der Waals surface area contributed by atoms with Crippen LogP contribution in [0.25, 0.3) is 0 Å². The molecule has 3 atom stereocenters. The Morgan fingerprint density at radius 3 is 2.34 bits per heavy atom. The summed E-state index contributed by atoms with van der Waals surface area (Å²) >= 11 is 1.17. The number of amides is 2. The largest absolute Gasteiger partial charge is 0.468 e. The zero-order valence-corrected chi connectivity index (χ0v) is 21.3. The minimum Gasteiger partial charge on any atom is -0.468 e. The third kappa shape index (κ3) is 9.10. The molecular formula is C24H32N4O6S. The van der Waals surface area contributed by atoms with Crippen molar-refractivity contribution in [3.8, 4) is 0 Å². The number of rotatable bonds is 12. The predicted molar refractivity (Wildman–Crippen MR) is 130 cm³/mol. The van der Waals surface area contributed by atoms with E-state index in [0.717, 1.165) is 5.56 Å². The van der Waals surface area contributed by atoms with E-state index in [1.807, 2.05) is 44.2 Å². The van der Waals surface area contributed by atoms with Gasteiger partial charge in [0.1, 0.15) is 16.7 Å². The summed E-state index contributed by atoms with van der Waals surface area (Å²) in [6.45, 7) is 6.62. The minimum absolute atomic E-state index is 0.0868. The van der Waals surface area contributed by atoms with Crippen molar-refractivity contribution in [3.63, 3.8) is 0 Å². The van der Waals surface area contributed by atoms with Crippen LogP contribution in [0.1, 0.15) is 61.3 Å². The number of esters is 2. The molecule has 35 heavy (non-hydrogen) atoms. The molecule has 0 aliphatic heterocycles. The molecule has 190 valence electrons. The van der Waals surface area contributed by atoms with Gasteiger partial charge in [-0.15, -0.1) is 11.3 Å². The number of thiazole rings is 1.